The minimum atomic E-state index is -0.609. The van der Waals surface area contributed by atoms with Gasteiger partial charge in [0, 0.05) is 12.5 Å². The van der Waals surface area contributed by atoms with Crippen LogP contribution in [-0.4, -0.2) is 41.1 Å². The smallest absolute Gasteiger partial charge is 0.0971 e. The van der Waals surface area contributed by atoms with E-state index >= 15 is 0 Å². The van der Waals surface area contributed by atoms with Gasteiger partial charge in [-0.25, -0.2) is 0 Å². The number of rotatable bonds is 12. The molecule has 0 aromatic heterocycles. The van der Waals surface area contributed by atoms with E-state index in [-0.39, 0.29) is 18.6 Å². The summed E-state index contributed by atoms with van der Waals surface area (Å²) in [5.41, 5.74) is 2.45. The summed E-state index contributed by atoms with van der Waals surface area (Å²) in [6.45, 7) is 2.20. The third kappa shape index (κ3) is 6.51. The van der Waals surface area contributed by atoms with Crippen LogP contribution in [0.2, 0.25) is 0 Å². The molecule has 0 amide bonds. The molecule has 0 unspecified atom stereocenters. The van der Waals surface area contributed by atoms with E-state index in [1.807, 2.05) is 36.4 Å². The van der Waals surface area contributed by atoms with Crippen LogP contribution in [0.15, 0.2) is 54.1 Å². The molecule has 3 rings (SSSR count). The van der Waals surface area contributed by atoms with Crippen molar-refractivity contribution < 1.29 is 15.3 Å². The molecule has 1 aromatic carbocycles. The number of hydrogen-bond acceptors (Lipinski definition) is 4. The molecule has 5 atom stereocenters. The van der Waals surface area contributed by atoms with Gasteiger partial charge >= 0.3 is 0 Å². The lowest BCUT2D eigenvalue weighted by atomic mass is 9.88. The maximum atomic E-state index is 10.5. The lowest BCUT2D eigenvalue weighted by Gasteiger charge is -2.19. The molecule has 4 nitrogen and oxygen atoms in total. The first-order chi connectivity index (χ1) is 14.2. The van der Waals surface area contributed by atoms with Crippen LogP contribution < -0.4 is 5.32 Å². The van der Waals surface area contributed by atoms with Gasteiger partial charge in [-0.3, -0.25) is 0 Å². The minimum Gasteiger partial charge on any atom is -0.396 e. The Kier molecular flexibility index (Phi) is 8.93. The summed E-state index contributed by atoms with van der Waals surface area (Å²) in [5, 5.41) is 33.0. The zero-order chi connectivity index (χ0) is 20.5. The summed E-state index contributed by atoms with van der Waals surface area (Å²) in [5.74, 6) is 1.12. The molecule has 1 fully saturated rings. The van der Waals surface area contributed by atoms with Gasteiger partial charge in [0.05, 0.1) is 12.2 Å². The number of aliphatic hydroxyl groups is 3. The molecule has 1 aromatic rings. The van der Waals surface area contributed by atoms with Crippen LogP contribution >= 0.6 is 0 Å². The normalized spacial score (nSPS) is 27.3. The first-order valence-corrected chi connectivity index (χ1v) is 11.3. The van der Waals surface area contributed by atoms with E-state index in [4.69, 9.17) is 5.11 Å². The van der Waals surface area contributed by atoms with Crippen LogP contribution in [0, 0.1) is 17.8 Å². The molecule has 0 saturated heterocycles. The average molecular weight is 400 g/mol. The van der Waals surface area contributed by atoms with Gasteiger partial charge in [0.25, 0.3) is 0 Å². The van der Waals surface area contributed by atoms with Crippen molar-refractivity contribution in [3.05, 3.63) is 59.7 Å². The Morgan fingerprint density at radius 3 is 2.66 bits per heavy atom. The Bertz CT molecular complexity index is 657. The van der Waals surface area contributed by atoms with Gasteiger partial charge in [0.15, 0.2) is 0 Å². The highest BCUT2D eigenvalue weighted by atomic mass is 16.3. The molecule has 160 valence electrons. The van der Waals surface area contributed by atoms with E-state index in [0.29, 0.717) is 11.8 Å². The Labute approximate surface area is 175 Å². The van der Waals surface area contributed by atoms with E-state index in [1.165, 1.54) is 25.7 Å². The first-order valence-electron chi connectivity index (χ1n) is 11.3. The second-order valence-corrected chi connectivity index (χ2v) is 8.62. The SMILES string of the molecule is OCCCNCCCCCC1=C[C@H]2C[C@@H](O)[C@H](/C=C/[C@@H](O)c3ccccc3)[C@H]2C1. The quantitative estimate of drug-likeness (QED) is 0.319. The van der Waals surface area contributed by atoms with Crippen molar-refractivity contribution >= 4 is 0 Å². The van der Waals surface area contributed by atoms with Crippen molar-refractivity contribution in [1.29, 1.82) is 0 Å². The van der Waals surface area contributed by atoms with Crippen molar-refractivity contribution in [2.45, 2.75) is 57.2 Å². The van der Waals surface area contributed by atoms with Crippen LogP contribution in [0.3, 0.4) is 0 Å². The summed E-state index contributed by atoms with van der Waals surface area (Å²) in [4.78, 5) is 0. The number of nitrogens with one attached hydrogen (secondary N) is 1. The predicted octanol–water partition coefficient (Wildman–Crippen LogP) is 3.75. The molecule has 2 aliphatic rings. The van der Waals surface area contributed by atoms with Gasteiger partial charge in [0.2, 0.25) is 0 Å². The van der Waals surface area contributed by atoms with Crippen molar-refractivity contribution in [2.24, 2.45) is 17.8 Å². The van der Waals surface area contributed by atoms with E-state index in [2.05, 4.69) is 17.5 Å². The average Bonchev–Trinajstić information content (AvgIpc) is 3.25. The zero-order valence-electron chi connectivity index (χ0n) is 17.4. The molecule has 1 saturated carbocycles. The molecular formula is C25H37NO3. The van der Waals surface area contributed by atoms with Crippen molar-refractivity contribution in [2.75, 3.05) is 19.7 Å². The summed E-state index contributed by atoms with van der Waals surface area (Å²) < 4.78 is 0. The highest BCUT2D eigenvalue weighted by Gasteiger charge is 2.43. The topological polar surface area (TPSA) is 72.7 Å². The lowest BCUT2D eigenvalue weighted by Crippen LogP contribution is -2.17. The molecule has 0 aliphatic heterocycles. The van der Waals surface area contributed by atoms with Crippen molar-refractivity contribution in [3.8, 4) is 0 Å². The van der Waals surface area contributed by atoms with E-state index in [9.17, 15) is 10.2 Å². The Morgan fingerprint density at radius 2 is 1.86 bits per heavy atom. The molecule has 0 heterocycles. The standard InChI is InChI=1S/C25H37NO3/c27-15-7-14-26-13-6-2-3-8-19-16-21-18-25(29)22(23(21)17-19)11-12-24(28)20-9-4-1-5-10-20/h1,4-5,9-12,16,21-29H,2-3,6-8,13-15,17-18H2/b12-11+/t21-,22+,23-,24+,25+/m0/s1. The van der Waals surface area contributed by atoms with Crippen LogP contribution in [0.25, 0.3) is 0 Å². The largest absolute Gasteiger partial charge is 0.396 e. The first kappa shape index (κ1) is 22.2. The van der Waals surface area contributed by atoms with Gasteiger partial charge in [-0.1, -0.05) is 60.6 Å². The molecule has 29 heavy (non-hydrogen) atoms. The zero-order valence-corrected chi connectivity index (χ0v) is 17.4. The fourth-order valence-corrected chi connectivity index (χ4v) is 4.89. The number of fused-ring (bicyclic) bond motifs is 1. The van der Waals surface area contributed by atoms with Gasteiger partial charge in [-0.2, -0.15) is 0 Å². The number of aliphatic hydroxyl groups excluding tert-OH is 3. The molecule has 0 radical (unpaired) electrons. The van der Waals surface area contributed by atoms with Crippen LogP contribution in [0.1, 0.15) is 56.6 Å². The summed E-state index contributed by atoms with van der Waals surface area (Å²) >= 11 is 0. The number of hydrogen-bond donors (Lipinski definition) is 4. The molecule has 0 bridgehead atoms. The monoisotopic (exact) mass is 399 g/mol. The van der Waals surface area contributed by atoms with Crippen LogP contribution in [-0.2, 0) is 0 Å². The number of benzene rings is 1. The van der Waals surface area contributed by atoms with E-state index in [1.54, 1.807) is 5.57 Å². The maximum Gasteiger partial charge on any atom is 0.0971 e. The Hall–Kier alpha value is -1.46. The molecule has 2 aliphatic carbocycles. The Morgan fingerprint density at radius 1 is 1.07 bits per heavy atom. The molecule has 4 heteroatoms. The predicted molar refractivity (Wildman–Crippen MR) is 117 cm³/mol. The summed E-state index contributed by atoms with van der Waals surface area (Å²) in [6, 6.07) is 9.68. The molecule has 4 N–H and O–H groups in total. The molecule has 0 spiro atoms. The summed E-state index contributed by atoms with van der Waals surface area (Å²) in [7, 11) is 0. The van der Waals surface area contributed by atoms with Gasteiger partial charge in [-0.15, -0.1) is 0 Å². The minimum absolute atomic E-state index is 0.142. The number of allylic oxidation sites excluding steroid dienone is 2. The van der Waals surface area contributed by atoms with Gasteiger partial charge < -0.3 is 20.6 Å². The van der Waals surface area contributed by atoms with E-state index in [0.717, 1.165) is 37.9 Å². The maximum absolute atomic E-state index is 10.5. The highest BCUT2D eigenvalue weighted by molar-refractivity contribution is 5.24. The fourth-order valence-electron chi connectivity index (χ4n) is 4.89. The van der Waals surface area contributed by atoms with Gasteiger partial charge in [0.1, 0.15) is 0 Å². The number of unbranched alkanes of at least 4 members (excludes halogenated alkanes) is 2. The van der Waals surface area contributed by atoms with Crippen molar-refractivity contribution in [1.82, 2.24) is 5.32 Å². The van der Waals surface area contributed by atoms with Crippen LogP contribution in [0.4, 0.5) is 0 Å². The van der Waals surface area contributed by atoms with Crippen molar-refractivity contribution in [3.63, 3.8) is 0 Å². The fraction of sp³-hybridized carbons (Fsp3) is 0.600. The third-order valence-electron chi connectivity index (χ3n) is 6.47. The lowest BCUT2D eigenvalue weighted by molar-refractivity contribution is 0.140. The highest BCUT2D eigenvalue weighted by Crippen LogP contribution is 2.48. The summed E-state index contributed by atoms with van der Waals surface area (Å²) in [6.07, 6.45) is 13.0. The third-order valence-corrected chi connectivity index (χ3v) is 6.47. The second-order valence-electron chi connectivity index (χ2n) is 8.62. The Balaban J connectivity index is 1.40. The van der Waals surface area contributed by atoms with E-state index < -0.39 is 6.10 Å². The molecular weight excluding hydrogens is 362 g/mol. The van der Waals surface area contributed by atoms with Crippen LogP contribution in [0.5, 0.6) is 0 Å². The van der Waals surface area contributed by atoms with Gasteiger partial charge in [-0.05, 0) is 69.0 Å². The second kappa shape index (κ2) is 11.7.